The number of hydrogen-bond acceptors (Lipinski definition) is 6. The van der Waals surface area contributed by atoms with E-state index < -0.39 is 21.6 Å². The molecule has 5 aliphatic carbocycles. The summed E-state index contributed by atoms with van der Waals surface area (Å²) >= 11 is 0. The molecular weight excluding hydrogens is 552 g/mol. The number of rotatable bonds is 3. The summed E-state index contributed by atoms with van der Waals surface area (Å²) in [6, 6.07) is -0.693. The lowest BCUT2D eigenvalue weighted by atomic mass is 9.33. The number of nitrogens with one attached hydrogen (secondary N) is 2. The fourth-order valence-electron chi connectivity index (χ4n) is 11.1. The molecule has 0 bridgehead atoms. The number of ether oxygens (including phenoxy) is 1. The van der Waals surface area contributed by atoms with Crippen LogP contribution in [0.1, 0.15) is 113 Å². The summed E-state index contributed by atoms with van der Waals surface area (Å²) in [6.07, 6.45) is 10.9. The second-order valence-electron chi connectivity index (χ2n) is 16.5. The van der Waals surface area contributed by atoms with Crippen molar-refractivity contribution >= 4 is 27.8 Å². The van der Waals surface area contributed by atoms with Crippen molar-refractivity contribution in [1.29, 1.82) is 0 Å². The maximum absolute atomic E-state index is 14.5. The quantitative estimate of drug-likeness (QED) is 0.387. The molecule has 0 aromatic carbocycles. The number of carbonyl (C=O) groups is 3. The van der Waals surface area contributed by atoms with Gasteiger partial charge in [0.1, 0.15) is 6.10 Å². The minimum Gasteiger partial charge on any atom is -0.462 e. The highest BCUT2D eigenvalue weighted by atomic mass is 32.2. The maximum atomic E-state index is 14.5. The fraction of sp³-hybridized carbons (Fsp3) is 0.848. The molecule has 42 heavy (non-hydrogen) atoms. The van der Waals surface area contributed by atoms with Gasteiger partial charge in [-0.15, -0.1) is 0 Å². The minimum absolute atomic E-state index is 0.0223. The van der Waals surface area contributed by atoms with E-state index in [1.165, 1.54) is 12.5 Å². The van der Waals surface area contributed by atoms with Gasteiger partial charge in [0, 0.05) is 23.8 Å². The van der Waals surface area contributed by atoms with E-state index in [2.05, 4.69) is 51.6 Å². The highest BCUT2D eigenvalue weighted by molar-refractivity contribution is 7.89. The summed E-state index contributed by atoms with van der Waals surface area (Å²) in [5.41, 5.74) is -0.0993. The average molecular weight is 605 g/mol. The standard InChI is InChI=1S/C33H52N2O6S/c1-20(36)41-25-11-12-31(6)24(28(25,2)3)10-13-33(8)26(31)23(37)18-21-22-19-30(5,34-27(38)35-42(9,39)40)16-14-29(22,4)15-17-32(21,33)7/h18,22,24-26H,10-17,19H2,1-9H3,(H2,34,35,38)/t22-,24-,25-,26+,29+,30-,31-,32+,33+/m0/s1. The van der Waals surface area contributed by atoms with Gasteiger partial charge in [0.15, 0.2) is 5.78 Å². The Morgan fingerprint density at radius 1 is 0.929 bits per heavy atom. The van der Waals surface area contributed by atoms with Crippen LogP contribution in [0.3, 0.4) is 0 Å². The Hall–Kier alpha value is -1.90. The Morgan fingerprint density at radius 3 is 2.19 bits per heavy atom. The van der Waals surface area contributed by atoms with Gasteiger partial charge in [0.05, 0.1) is 6.26 Å². The first kappa shape index (κ1) is 31.5. The third-order valence-corrected chi connectivity index (χ3v) is 14.1. The molecule has 0 saturated heterocycles. The van der Waals surface area contributed by atoms with Crippen LogP contribution in [0.25, 0.3) is 0 Å². The highest BCUT2D eigenvalue weighted by Gasteiger charge is 2.70. The number of hydrogen-bond donors (Lipinski definition) is 2. The van der Waals surface area contributed by atoms with Gasteiger partial charge in [-0.05, 0) is 104 Å². The summed E-state index contributed by atoms with van der Waals surface area (Å²) in [5.74, 6) is 0.287. The van der Waals surface area contributed by atoms with Crippen LogP contribution in [0.5, 0.6) is 0 Å². The number of amides is 2. The summed E-state index contributed by atoms with van der Waals surface area (Å²) < 4.78 is 31.3. The van der Waals surface area contributed by atoms with Gasteiger partial charge in [-0.2, -0.15) is 0 Å². The predicted octanol–water partition coefficient (Wildman–Crippen LogP) is 5.91. The van der Waals surface area contributed by atoms with Gasteiger partial charge in [0.2, 0.25) is 10.0 Å². The molecule has 0 heterocycles. The molecule has 4 fully saturated rings. The molecule has 0 spiro atoms. The van der Waals surface area contributed by atoms with Crippen molar-refractivity contribution in [3.8, 4) is 0 Å². The Kier molecular flexibility index (Phi) is 7.17. The molecule has 0 aromatic rings. The topological polar surface area (TPSA) is 119 Å². The van der Waals surface area contributed by atoms with Gasteiger partial charge in [-0.3, -0.25) is 9.59 Å². The van der Waals surface area contributed by atoms with Crippen molar-refractivity contribution in [1.82, 2.24) is 10.0 Å². The number of carbonyl (C=O) groups excluding carboxylic acids is 3. The third kappa shape index (κ3) is 4.66. The van der Waals surface area contributed by atoms with E-state index in [0.29, 0.717) is 6.42 Å². The molecule has 2 amide bonds. The molecule has 8 nitrogen and oxygen atoms in total. The van der Waals surface area contributed by atoms with Crippen molar-refractivity contribution in [2.75, 3.05) is 6.26 Å². The lowest BCUT2D eigenvalue weighted by Gasteiger charge is -2.70. The first-order chi connectivity index (χ1) is 19.1. The molecule has 0 aromatic heterocycles. The van der Waals surface area contributed by atoms with Crippen molar-refractivity contribution in [3.05, 3.63) is 11.6 Å². The smallest absolute Gasteiger partial charge is 0.328 e. The number of ketones is 1. The van der Waals surface area contributed by atoms with Crippen molar-refractivity contribution < 1.29 is 27.5 Å². The number of sulfonamides is 1. The second kappa shape index (κ2) is 9.55. The van der Waals surface area contributed by atoms with Crippen LogP contribution >= 0.6 is 0 Å². The monoisotopic (exact) mass is 604 g/mol. The van der Waals surface area contributed by atoms with E-state index in [0.717, 1.165) is 57.6 Å². The van der Waals surface area contributed by atoms with Crippen LogP contribution in [-0.2, 0) is 24.3 Å². The predicted molar refractivity (Wildman–Crippen MR) is 162 cm³/mol. The van der Waals surface area contributed by atoms with Crippen LogP contribution in [0.4, 0.5) is 4.79 Å². The first-order valence-corrected chi connectivity index (χ1v) is 17.7. The Balaban J connectivity index is 1.51. The van der Waals surface area contributed by atoms with E-state index in [1.807, 2.05) is 13.0 Å². The molecule has 0 aliphatic heterocycles. The van der Waals surface area contributed by atoms with E-state index in [9.17, 15) is 22.8 Å². The normalized spacial score (nSPS) is 46.1. The zero-order valence-corrected chi connectivity index (χ0v) is 27.9. The summed E-state index contributed by atoms with van der Waals surface area (Å²) in [7, 11) is -3.67. The van der Waals surface area contributed by atoms with Crippen molar-refractivity contribution in [2.45, 2.75) is 125 Å². The van der Waals surface area contributed by atoms with Crippen LogP contribution in [0.2, 0.25) is 0 Å². The van der Waals surface area contributed by atoms with E-state index in [1.54, 1.807) is 0 Å². The molecule has 9 heteroatoms. The van der Waals surface area contributed by atoms with Gasteiger partial charge < -0.3 is 10.1 Å². The second-order valence-corrected chi connectivity index (χ2v) is 18.3. The summed E-state index contributed by atoms with van der Waals surface area (Å²) in [6.45, 7) is 17.4. The summed E-state index contributed by atoms with van der Waals surface area (Å²) in [4.78, 5) is 39.1. The molecule has 5 aliphatic rings. The zero-order valence-electron chi connectivity index (χ0n) is 27.1. The van der Waals surface area contributed by atoms with Crippen molar-refractivity contribution in [3.63, 3.8) is 0 Å². The van der Waals surface area contributed by atoms with Gasteiger partial charge >= 0.3 is 12.0 Å². The molecule has 9 atom stereocenters. The SMILES string of the molecule is CC(=O)O[C@H]1CC[C@]2(C)[C@H]3C(=O)C=C4[C@@H]5C[C@@](C)(NC(=O)NS(C)(=O)=O)CC[C@]5(C)CC[C@@]4(C)[C@]3(C)CC[C@H]2C1(C)C. The van der Waals surface area contributed by atoms with Crippen molar-refractivity contribution in [2.24, 2.45) is 44.8 Å². The molecular formula is C33H52N2O6S. The Labute approximate surface area is 252 Å². The number of esters is 1. The van der Waals surface area contributed by atoms with Crippen LogP contribution in [-0.4, -0.2) is 44.1 Å². The van der Waals surface area contributed by atoms with E-state index >= 15 is 0 Å². The zero-order chi connectivity index (χ0) is 31.3. The number of urea groups is 1. The number of fused-ring (bicyclic) bond motifs is 7. The Morgan fingerprint density at radius 2 is 1.57 bits per heavy atom. The van der Waals surface area contributed by atoms with E-state index in [4.69, 9.17) is 4.74 Å². The molecule has 2 N–H and O–H groups in total. The molecule has 5 rings (SSSR count). The molecule has 4 saturated carbocycles. The van der Waals surface area contributed by atoms with Gasteiger partial charge in [0.25, 0.3) is 0 Å². The van der Waals surface area contributed by atoms with E-state index in [-0.39, 0.29) is 62.7 Å². The van der Waals surface area contributed by atoms with Crippen LogP contribution in [0, 0.1) is 44.8 Å². The van der Waals surface area contributed by atoms with Crippen LogP contribution in [0.15, 0.2) is 11.6 Å². The summed E-state index contributed by atoms with van der Waals surface area (Å²) in [5, 5.41) is 2.98. The third-order valence-electron chi connectivity index (χ3n) is 13.5. The maximum Gasteiger partial charge on any atom is 0.328 e. The van der Waals surface area contributed by atoms with Gasteiger partial charge in [-0.25, -0.2) is 17.9 Å². The van der Waals surface area contributed by atoms with Crippen LogP contribution < -0.4 is 10.0 Å². The minimum atomic E-state index is -3.67. The fourth-order valence-corrected chi connectivity index (χ4v) is 11.5. The molecule has 236 valence electrons. The Bertz CT molecular complexity index is 1340. The highest BCUT2D eigenvalue weighted by Crippen LogP contribution is 2.74. The average Bonchev–Trinajstić information content (AvgIpc) is 2.82. The first-order valence-electron chi connectivity index (χ1n) is 15.8. The lowest BCUT2D eigenvalue weighted by Crippen LogP contribution is -2.67. The molecule has 0 radical (unpaired) electrons. The molecule has 0 unspecified atom stereocenters. The van der Waals surface area contributed by atoms with Gasteiger partial charge in [-0.1, -0.05) is 47.1 Å². The number of allylic oxidation sites excluding steroid dienone is 2. The lowest BCUT2D eigenvalue weighted by molar-refractivity contribution is -0.210. The largest absolute Gasteiger partial charge is 0.462 e.